The van der Waals surface area contributed by atoms with Gasteiger partial charge in [-0.05, 0) is 41.6 Å². The molecule has 0 spiro atoms. The molecule has 2 fully saturated rings. The van der Waals surface area contributed by atoms with Gasteiger partial charge in [0.05, 0.1) is 24.7 Å². The summed E-state index contributed by atoms with van der Waals surface area (Å²) in [5.41, 5.74) is 0.750. The molecule has 2 aliphatic heterocycles. The van der Waals surface area contributed by atoms with E-state index in [-0.39, 0.29) is 17.4 Å². The first-order valence-corrected chi connectivity index (χ1v) is 10.7. The van der Waals surface area contributed by atoms with E-state index in [1.165, 1.54) is 0 Å². The molecule has 30 heavy (non-hydrogen) atoms. The summed E-state index contributed by atoms with van der Waals surface area (Å²) in [6.45, 7) is 4.00. The first-order chi connectivity index (χ1) is 14.6. The number of hydrogen-bond acceptors (Lipinski definition) is 6. The lowest BCUT2D eigenvalue weighted by atomic mass is 10.0. The van der Waals surface area contributed by atoms with Crippen molar-refractivity contribution in [3.05, 3.63) is 46.9 Å². The summed E-state index contributed by atoms with van der Waals surface area (Å²) in [6.07, 6.45) is 1.69. The Hall–Kier alpha value is -2.84. The molecule has 0 radical (unpaired) electrons. The first-order valence-electron chi connectivity index (χ1n) is 9.84. The number of thioether (sulfide) groups is 1. The second-order valence-electron chi connectivity index (χ2n) is 6.89. The zero-order valence-electron chi connectivity index (χ0n) is 16.6. The average Bonchev–Trinajstić information content (AvgIpc) is 3.03. The number of carbonyl (C=O) groups excluding carboxylic acids is 3. The van der Waals surface area contributed by atoms with Crippen LogP contribution in [-0.2, 0) is 14.3 Å². The van der Waals surface area contributed by atoms with Crippen LogP contribution in [0.25, 0.3) is 16.8 Å². The van der Waals surface area contributed by atoms with E-state index in [0.717, 1.165) is 33.0 Å². The Morgan fingerprint density at radius 3 is 2.70 bits per heavy atom. The fourth-order valence-corrected chi connectivity index (χ4v) is 4.34. The van der Waals surface area contributed by atoms with Crippen molar-refractivity contribution in [1.82, 2.24) is 9.80 Å². The number of fused-ring (bicyclic) bond motifs is 1. The maximum Gasteiger partial charge on any atom is 0.294 e. The van der Waals surface area contributed by atoms with E-state index in [1.807, 2.05) is 43.3 Å². The van der Waals surface area contributed by atoms with Gasteiger partial charge in [-0.15, -0.1) is 0 Å². The summed E-state index contributed by atoms with van der Waals surface area (Å²) < 4.78 is 11.0. The maximum absolute atomic E-state index is 12.9. The molecule has 2 aromatic carbocycles. The highest BCUT2D eigenvalue weighted by atomic mass is 32.2. The molecule has 2 aromatic rings. The van der Waals surface area contributed by atoms with Crippen molar-refractivity contribution in [2.45, 2.75) is 6.92 Å². The van der Waals surface area contributed by atoms with E-state index < -0.39 is 11.1 Å². The van der Waals surface area contributed by atoms with Crippen LogP contribution in [0.15, 0.2) is 41.3 Å². The molecular weight excluding hydrogens is 404 g/mol. The summed E-state index contributed by atoms with van der Waals surface area (Å²) >= 11 is 0.848. The Labute approximate surface area is 178 Å². The van der Waals surface area contributed by atoms with Crippen molar-refractivity contribution in [1.29, 1.82) is 0 Å². The van der Waals surface area contributed by atoms with Crippen molar-refractivity contribution < 1.29 is 23.9 Å². The van der Waals surface area contributed by atoms with Crippen LogP contribution in [0.4, 0.5) is 4.79 Å². The second kappa shape index (κ2) is 8.89. The summed E-state index contributed by atoms with van der Waals surface area (Å²) in [7, 11) is 0. The summed E-state index contributed by atoms with van der Waals surface area (Å²) in [5.74, 6) is -0.0589. The van der Waals surface area contributed by atoms with Crippen LogP contribution < -0.4 is 4.74 Å². The molecule has 2 heterocycles. The van der Waals surface area contributed by atoms with Gasteiger partial charge in [-0.25, -0.2) is 0 Å². The van der Waals surface area contributed by atoms with Gasteiger partial charge < -0.3 is 14.4 Å². The number of hydrogen-bond donors (Lipinski definition) is 0. The molecule has 0 N–H and O–H groups in total. The fourth-order valence-electron chi connectivity index (χ4n) is 3.52. The first kappa shape index (κ1) is 20.4. The number of nitrogens with zero attached hydrogens (tertiary/aromatic N) is 2. The van der Waals surface area contributed by atoms with Crippen molar-refractivity contribution >= 4 is 45.7 Å². The second-order valence-corrected chi connectivity index (χ2v) is 7.89. The highest BCUT2D eigenvalue weighted by Crippen LogP contribution is 2.36. The number of rotatable bonds is 5. The third kappa shape index (κ3) is 4.06. The molecule has 7 nitrogen and oxygen atoms in total. The Balaban J connectivity index is 1.62. The predicted octanol–water partition coefficient (Wildman–Crippen LogP) is 3.13. The van der Waals surface area contributed by atoms with E-state index in [0.29, 0.717) is 38.7 Å². The van der Waals surface area contributed by atoms with Crippen LogP contribution in [0.1, 0.15) is 12.5 Å². The minimum Gasteiger partial charge on any atom is -0.493 e. The number of amides is 3. The zero-order valence-corrected chi connectivity index (χ0v) is 17.4. The molecular formula is C22H22N2O5S. The molecule has 0 bridgehead atoms. The number of benzene rings is 2. The SMILES string of the molecule is CCOc1ccc2ccccc2c1/C=C1\SC(=O)N(CC(=O)N2CCOCC2)C1=O. The molecule has 0 aromatic heterocycles. The lowest BCUT2D eigenvalue weighted by molar-refractivity contribution is -0.139. The van der Waals surface area contributed by atoms with E-state index in [9.17, 15) is 14.4 Å². The van der Waals surface area contributed by atoms with E-state index in [1.54, 1.807) is 11.0 Å². The number of imide groups is 1. The highest BCUT2D eigenvalue weighted by molar-refractivity contribution is 8.18. The lowest BCUT2D eigenvalue weighted by Crippen LogP contribution is -2.46. The van der Waals surface area contributed by atoms with E-state index >= 15 is 0 Å². The van der Waals surface area contributed by atoms with Crippen molar-refractivity contribution in [2.24, 2.45) is 0 Å². The Morgan fingerprint density at radius 1 is 1.17 bits per heavy atom. The molecule has 0 atom stereocenters. The van der Waals surface area contributed by atoms with Crippen molar-refractivity contribution in [3.63, 3.8) is 0 Å². The smallest absolute Gasteiger partial charge is 0.294 e. The summed E-state index contributed by atoms with van der Waals surface area (Å²) in [5, 5.41) is 1.50. The molecule has 156 valence electrons. The van der Waals surface area contributed by atoms with Crippen molar-refractivity contribution in [2.75, 3.05) is 39.5 Å². The minimum atomic E-state index is -0.456. The maximum atomic E-state index is 12.9. The van der Waals surface area contributed by atoms with Crippen molar-refractivity contribution in [3.8, 4) is 5.75 Å². The normalized spacial score (nSPS) is 18.5. The van der Waals surface area contributed by atoms with Gasteiger partial charge in [0.15, 0.2) is 0 Å². The Morgan fingerprint density at radius 2 is 1.93 bits per heavy atom. The van der Waals surface area contributed by atoms with Crippen LogP contribution in [0.3, 0.4) is 0 Å². The van der Waals surface area contributed by atoms with E-state index in [2.05, 4.69) is 0 Å². The van der Waals surface area contributed by atoms with Crippen LogP contribution in [0.5, 0.6) is 5.75 Å². The topological polar surface area (TPSA) is 76.2 Å². The van der Waals surface area contributed by atoms with Gasteiger partial charge >= 0.3 is 0 Å². The van der Waals surface area contributed by atoms with Gasteiger partial charge in [0.1, 0.15) is 12.3 Å². The monoisotopic (exact) mass is 426 g/mol. The van der Waals surface area contributed by atoms with Crippen LogP contribution in [-0.4, -0.2) is 66.3 Å². The lowest BCUT2D eigenvalue weighted by Gasteiger charge is -2.28. The van der Waals surface area contributed by atoms with Gasteiger partial charge in [-0.1, -0.05) is 30.3 Å². The quantitative estimate of drug-likeness (QED) is 0.684. The van der Waals surface area contributed by atoms with Gasteiger partial charge in [-0.2, -0.15) is 0 Å². The zero-order chi connectivity index (χ0) is 21.1. The minimum absolute atomic E-state index is 0.248. The molecule has 0 unspecified atom stereocenters. The third-order valence-corrected chi connectivity index (χ3v) is 5.94. The molecule has 3 amide bonds. The average molecular weight is 426 g/mol. The molecule has 2 saturated heterocycles. The highest BCUT2D eigenvalue weighted by Gasteiger charge is 2.37. The number of carbonyl (C=O) groups is 3. The summed E-state index contributed by atoms with van der Waals surface area (Å²) in [4.78, 5) is 40.8. The molecule has 2 aliphatic rings. The standard InChI is InChI=1S/C22H22N2O5S/c1-2-29-18-8-7-15-5-3-4-6-16(15)17(18)13-19-21(26)24(22(27)30-19)14-20(25)23-9-11-28-12-10-23/h3-8,13H,2,9-12,14H2,1H3/b19-13-. The molecule has 0 aliphatic carbocycles. The van der Waals surface area contributed by atoms with E-state index in [4.69, 9.17) is 9.47 Å². The fraction of sp³-hybridized carbons (Fsp3) is 0.318. The van der Waals surface area contributed by atoms with Gasteiger partial charge in [0.2, 0.25) is 5.91 Å². The number of morpholine rings is 1. The largest absolute Gasteiger partial charge is 0.493 e. The van der Waals surface area contributed by atoms with Gasteiger partial charge in [-0.3, -0.25) is 19.3 Å². The van der Waals surface area contributed by atoms with Gasteiger partial charge in [0, 0.05) is 18.7 Å². The molecule has 8 heteroatoms. The van der Waals surface area contributed by atoms with Gasteiger partial charge in [0.25, 0.3) is 11.1 Å². The molecule has 4 rings (SSSR count). The van der Waals surface area contributed by atoms with Crippen LogP contribution in [0.2, 0.25) is 0 Å². The molecule has 0 saturated carbocycles. The number of ether oxygens (including phenoxy) is 2. The summed E-state index contributed by atoms with van der Waals surface area (Å²) in [6, 6.07) is 11.6. The van der Waals surface area contributed by atoms with Crippen LogP contribution in [0, 0.1) is 0 Å². The third-order valence-electron chi connectivity index (χ3n) is 5.04. The Kier molecular flexibility index (Phi) is 6.06. The predicted molar refractivity (Wildman–Crippen MR) is 115 cm³/mol. The Bertz CT molecular complexity index is 1030. The van der Waals surface area contributed by atoms with Crippen LogP contribution >= 0.6 is 11.8 Å².